The van der Waals surface area contributed by atoms with Crippen LogP contribution >= 0.6 is 0 Å². The second-order valence-corrected chi connectivity index (χ2v) is 6.49. The standard InChI is InChI=1S/C19H23F/c1-14-7-5-8-15(11-12-18(14)19(2,3)4)16-9-6-10-17(20)13-16/h6,8-13H,5,7H2,1-4H3. The van der Waals surface area contributed by atoms with Crippen molar-refractivity contribution in [2.45, 2.75) is 40.5 Å². The summed E-state index contributed by atoms with van der Waals surface area (Å²) in [6.07, 6.45) is 8.59. The van der Waals surface area contributed by atoms with Crippen molar-refractivity contribution in [2.75, 3.05) is 0 Å². The summed E-state index contributed by atoms with van der Waals surface area (Å²) in [5.74, 6) is -0.179. The minimum absolute atomic E-state index is 0.144. The molecule has 0 fully saturated rings. The lowest BCUT2D eigenvalue weighted by Crippen LogP contribution is -2.10. The Morgan fingerprint density at radius 3 is 2.50 bits per heavy atom. The Balaban J connectivity index is 2.38. The summed E-state index contributed by atoms with van der Waals surface area (Å²) in [6.45, 7) is 8.93. The van der Waals surface area contributed by atoms with Gasteiger partial charge < -0.3 is 0 Å². The maximum absolute atomic E-state index is 13.4. The minimum Gasteiger partial charge on any atom is -0.207 e. The van der Waals surface area contributed by atoms with Gasteiger partial charge in [-0.2, -0.15) is 0 Å². The zero-order valence-electron chi connectivity index (χ0n) is 12.8. The number of hydrogen-bond acceptors (Lipinski definition) is 0. The van der Waals surface area contributed by atoms with Crippen molar-refractivity contribution >= 4 is 5.57 Å². The van der Waals surface area contributed by atoms with Crippen LogP contribution in [0.2, 0.25) is 0 Å². The summed E-state index contributed by atoms with van der Waals surface area (Å²) < 4.78 is 13.4. The molecule has 1 aromatic carbocycles. The van der Waals surface area contributed by atoms with Gasteiger partial charge in [-0.15, -0.1) is 0 Å². The van der Waals surface area contributed by atoms with Gasteiger partial charge in [-0.3, -0.25) is 0 Å². The van der Waals surface area contributed by atoms with Gasteiger partial charge in [-0.05, 0) is 54.0 Å². The Morgan fingerprint density at radius 2 is 1.85 bits per heavy atom. The molecule has 1 aromatic rings. The normalized spacial score (nSPS) is 16.8. The summed E-state index contributed by atoms with van der Waals surface area (Å²) >= 11 is 0. The highest BCUT2D eigenvalue weighted by molar-refractivity contribution is 5.75. The van der Waals surface area contributed by atoms with Gasteiger partial charge in [0.1, 0.15) is 5.82 Å². The van der Waals surface area contributed by atoms with E-state index in [1.165, 1.54) is 17.2 Å². The molecule has 0 atom stereocenters. The Hall–Kier alpha value is -1.63. The first-order chi connectivity index (χ1) is 9.38. The van der Waals surface area contributed by atoms with Crippen LogP contribution in [0.1, 0.15) is 46.1 Å². The van der Waals surface area contributed by atoms with Crippen LogP contribution in [0.3, 0.4) is 0 Å². The molecule has 2 rings (SSSR count). The summed E-state index contributed by atoms with van der Waals surface area (Å²) in [7, 11) is 0. The molecular weight excluding hydrogens is 247 g/mol. The second kappa shape index (κ2) is 5.78. The van der Waals surface area contributed by atoms with Crippen LogP contribution in [0.5, 0.6) is 0 Å². The summed E-state index contributed by atoms with van der Waals surface area (Å²) in [4.78, 5) is 0. The molecule has 1 aliphatic carbocycles. The quantitative estimate of drug-likeness (QED) is 0.594. The van der Waals surface area contributed by atoms with Crippen molar-refractivity contribution < 1.29 is 4.39 Å². The Bertz CT molecular complexity index is 580. The fourth-order valence-electron chi connectivity index (χ4n) is 2.73. The number of benzene rings is 1. The number of rotatable bonds is 1. The van der Waals surface area contributed by atoms with Crippen LogP contribution in [-0.4, -0.2) is 0 Å². The van der Waals surface area contributed by atoms with E-state index in [9.17, 15) is 4.39 Å². The van der Waals surface area contributed by atoms with E-state index in [0.717, 1.165) is 24.0 Å². The van der Waals surface area contributed by atoms with Crippen molar-refractivity contribution in [1.82, 2.24) is 0 Å². The van der Waals surface area contributed by atoms with Crippen LogP contribution < -0.4 is 0 Å². The third-order valence-corrected chi connectivity index (χ3v) is 3.74. The van der Waals surface area contributed by atoms with Crippen molar-refractivity contribution in [3.8, 4) is 0 Å². The summed E-state index contributed by atoms with van der Waals surface area (Å²) in [6, 6.07) is 6.82. The molecule has 0 saturated heterocycles. The van der Waals surface area contributed by atoms with Crippen LogP contribution in [0.4, 0.5) is 4.39 Å². The van der Waals surface area contributed by atoms with E-state index in [-0.39, 0.29) is 11.2 Å². The smallest absolute Gasteiger partial charge is 0.123 e. The predicted molar refractivity (Wildman–Crippen MR) is 84.9 cm³/mol. The monoisotopic (exact) mass is 270 g/mol. The van der Waals surface area contributed by atoms with Crippen LogP contribution in [0.25, 0.3) is 5.57 Å². The molecular formula is C19H23F. The molecule has 0 aromatic heterocycles. The van der Waals surface area contributed by atoms with E-state index in [1.807, 2.05) is 6.07 Å². The molecule has 0 saturated carbocycles. The van der Waals surface area contributed by atoms with E-state index in [0.29, 0.717) is 0 Å². The molecule has 20 heavy (non-hydrogen) atoms. The zero-order chi connectivity index (χ0) is 14.8. The lowest BCUT2D eigenvalue weighted by Gasteiger charge is -2.24. The molecule has 0 amide bonds. The molecule has 1 aliphatic rings. The highest BCUT2D eigenvalue weighted by Crippen LogP contribution is 2.33. The first-order valence-corrected chi connectivity index (χ1v) is 7.22. The number of halogens is 1. The number of allylic oxidation sites excluding steroid dienone is 6. The Kier molecular flexibility index (Phi) is 4.27. The van der Waals surface area contributed by atoms with Gasteiger partial charge in [0, 0.05) is 0 Å². The summed E-state index contributed by atoms with van der Waals surface area (Å²) in [5.41, 5.74) is 5.04. The number of hydrogen-bond donors (Lipinski definition) is 0. The molecule has 0 radical (unpaired) electrons. The van der Waals surface area contributed by atoms with Gasteiger partial charge in [0.05, 0.1) is 0 Å². The predicted octanol–water partition coefficient (Wildman–Crippen LogP) is 5.92. The molecule has 106 valence electrons. The molecule has 0 heterocycles. The van der Waals surface area contributed by atoms with E-state index in [2.05, 4.69) is 45.9 Å². The van der Waals surface area contributed by atoms with Gasteiger partial charge in [-0.25, -0.2) is 4.39 Å². The topological polar surface area (TPSA) is 0 Å². The van der Waals surface area contributed by atoms with Crippen molar-refractivity contribution in [2.24, 2.45) is 5.41 Å². The molecule has 0 nitrogen and oxygen atoms in total. The van der Waals surface area contributed by atoms with E-state index in [4.69, 9.17) is 0 Å². The fourth-order valence-corrected chi connectivity index (χ4v) is 2.73. The van der Waals surface area contributed by atoms with Crippen molar-refractivity contribution in [3.05, 3.63) is 65.0 Å². The lowest BCUT2D eigenvalue weighted by atomic mass is 9.81. The average Bonchev–Trinajstić information content (AvgIpc) is 2.32. The molecule has 0 spiro atoms. The second-order valence-electron chi connectivity index (χ2n) is 6.49. The first kappa shape index (κ1) is 14.8. The van der Waals surface area contributed by atoms with E-state index in [1.54, 1.807) is 12.1 Å². The van der Waals surface area contributed by atoms with Gasteiger partial charge in [0.15, 0.2) is 0 Å². The van der Waals surface area contributed by atoms with E-state index < -0.39 is 0 Å². The SMILES string of the molecule is CC1=C(C(C)(C)C)C=CC(c2cccc(F)c2)=CCC1. The Labute approximate surface area is 121 Å². The minimum atomic E-state index is -0.179. The third-order valence-electron chi connectivity index (χ3n) is 3.74. The van der Waals surface area contributed by atoms with Crippen LogP contribution in [0, 0.1) is 11.2 Å². The molecule has 0 bridgehead atoms. The zero-order valence-corrected chi connectivity index (χ0v) is 12.8. The first-order valence-electron chi connectivity index (χ1n) is 7.22. The summed E-state index contributed by atoms with van der Waals surface area (Å²) in [5, 5.41) is 0. The highest BCUT2D eigenvalue weighted by atomic mass is 19.1. The van der Waals surface area contributed by atoms with Crippen LogP contribution in [-0.2, 0) is 0 Å². The van der Waals surface area contributed by atoms with Crippen molar-refractivity contribution in [1.29, 1.82) is 0 Å². The lowest BCUT2D eigenvalue weighted by molar-refractivity contribution is 0.509. The largest absolute Gasteiger partial charge is 0.207 e. The maximum atomic E-state index is 13.4. The third kappa shape index (κ3) is 3.47. The van der Waals surface area contributed by atoms with Crippen LogP contribution in [0.15, 0.2) is 53.6 Å². The van der Waals surface area contributed by atoms with Gasteiger partial charge in [0.25, 0.3) is 0 Å². The van der Waals surface area contributed by atoms with Gasteiger partial charge in [-0.1, -0.05) is 56.7 Å². The molecule has 0 aliphatic heterocycles. The van der Waals surface area contributed by atoms with Gasteiger partial charge >= 0.3 is 0 Å². The molecule has 0 N–H and O–H groups in total. The van der Waals surface area contributed by atoms with Crippen molar-refractivity contribution in [3.63, 3.8) is 0 Å². The maximum Gasteiger partial charge on any atom is 0.123 e. The highest BCUT2D eigenvalue weighted by Gasteiger charge is 2.18. The average molecular weight is 270 g/mol. The van der Waals surface area contributed by atoms with Gasteiger partial charge in [0.2, 0.25) is 0 Å². The molecule has 0 unspecified atom stereocenters. The molecule has 1 heteroatoms. The van der Waals surface area contributed by atoms with E-state index >= 15 is 0 Å². The fraction of sp³-hybridized carbons (Fsp3) is 0.368. The Morgan fingerprint density at radius 1 is 1.10 bits per heavy atom.